The van der Waals surface area contributed by atoms with Gasteiger partial charge >= 0.3 is 5.97 Å². The van der Waals surface area contributed by atoms with Crippen LogP contribution >= 0.6 is 0 Å². The minimum atomic E-state index is -0.915. The quantitative estimate of drug-likeness (QED) is 0.890. The summed E-state index contributed by atoms with van der Waals surface area (Å²) < 4.78 is 6.03. The summed E-state index contributed by atoms with van der Waals surface area (Å²) in [5.74, 6) is 0.356. The molecule has 19 heavy (non-hydrogen) atoms. The summed E-state index contributed by atoms with van der Waals surface area (Å²) in [6, 6.07) is 5.29. The topological polar surface area (TPSA) is 46.5 Å². The fraction of sp³-hybridized carbons (Fsp3) is 0.562. The standard InChI is InChI=1S/C16H22O3/c1-3-12-7-5-8-13(10-12)19-15-11(2)6-4-9-14(15)16(17)18/h4,6,9,12-13H,3,5,7-8,10H2,1-2H3,(H,17,18). The molecule has 1 saturated carbocycles. The molecule has 0 aliphatic heterocycles. The zero-order valence-corrected chi connectivity index (χ0v) is 11.7. The molecule has 1 fully saturated rings. The molecule has 2 rings (SSSR count). The van der Waals surface area contributed by atoms with Crippen molar-refractivity contribution in [3.05, 3.63) is 29.3 Å². The van der Waals surface area contributed by atoms with Crippen molar-refractivity contribution in [3.8, 4) is 5.75 Å². The molecule has 0 heterocycles. The molecule has 1 aliphatic rings. The van der Waals surface area contributed by atoms with E-state index in [4.69, 9.17) is 4.74 Å². The Morgan fingerprint density at radius 2 is 2.21 bits per heavy atom. The Morgan fingerprint density at radius 1 is 1.42 bits per heavy atom. The molecular formula is C16H22O3. The lowest BCUT2D eigenvalue weighted by atomic mass is 9.85. The lowest BCUT2D eigenvalue weighted by molar-refractivity contribution is 0.0681. The summed E-state index contributed by atoms with van der Waals surface area (Å²) >= 11 is 0. The van der Waals surface area contributed by atoms with E-state index in [0.717, 1.165) is 24.3 Å². The van der Waals surface area contributed by atoms with Crippen molar-refractivity contribution in [3.63, 3.8) is 0 Å². The molecule has 3 nitrogen and oxygen atoms in total. The number of aryl methyl sites for hydroxylation is 1. The third kappa shape index (κ3) is 3.28. The molecule has 1 N–H and O–H groups in total. The first-order chi connectivity index (χ1) is 9.11. The van der Waals surface area contributed by atoms with Gasteiger partial charge in [0.25, 0.3) is 0 Å². The van der Waals surface area contributed by atoms with E-state index in [1.54, 1.807) is 12.1 Å². The highest BCUT2D eigenvalue weighted by Gasteiger charge is 2.24. The van der Waals surface area contributed by atoms with Crippen LogP contribution in [0, 0.1) is 12.8 Å². The van der Waals surface area contributed by atoms with Crippen LogP contribution < -0.4 is 4.74 Å². The highest BCUT2D eigenvalue weighted by molar-refractivity contribution is 5.91. The number of carbonyl (C=O) groups is 1. The third-order valence-electron chi connectivity index (χ3n) is 4.04. The largest absolute Gasteiger partial charge is 0.489 e. The van der Waals surface area contributed by atoms with E-state index in [1.807, 2.05) is 13.0 Å². The predicted molar refractivity (Wildman–Crippen MR) is 74.8 cm³/mol. The summed E-state index contributed by atoms with van der Waals surface area (Å²) in [5.41, 5.74) is 1.18. The van der Waals surface area contributed by atoms with E-state index in [0.29, 0.717) is 5.75 Å². The first-order valence-corrected chi connectivity index (χ1v) is 7.11. The van der Waals surface area contributed by atoms with E-state index < -0.39 is 5.97 Å². The van der Waals surface area contributed by atoms with Gasteiger partial charge in [-0.1, -0.05) is 31.9 Å². The maximum Gasteiger partial charge on any atom is 0.339 e. The second-order valence-corrected chi connectivity index (χ2v) is 5.44. The SMILES string of the molecule is CCC1CCCC(Oc2c(C)cccc2C(=O)O)C1. The third-order valence-corrected chi connectivity index (χ3v) is 4.04. The van der Waals surface area contributed by atoms with E-state index >= 15 is 0 Å². The Morgan fingerprint density at radius 3 is 2.89 bits per heavy atom. The Hall–Kier alpha value is -1.51. The molecule has 0 bridgehead atoms. The highest BCUT2D eigenvalue weighted by Crippen LogP contribution is 2.32. The zero-order valence-electron chi connectivity index (χ0n) is 11.7. The molecule has 0 saturated heterocycles. The molecule has 104 valence electrons. The van der Waals surface area contributed by atoms with Crippen LogP contribution in [0.1, 0.15) is 54.9 Å². The maximum atomic E-state index is 11.3. The Balaban J connectivity index is 2.16. The number of aromatic carboxylic acids is 1. The molecular weight excluding hydrogens is 240 g/mol. The van der Waals surface area contributed by atoms with Crippen molar-refractivity contribution in [2.45, 2.75) is 52.1 Å². The second-order valence-electron chi connectivity index (χ2n) is 5.44. The number of hydrogen-bond donors (Lipinski definition) is 1. The van der Waals surface area contributed by atoms with E-state index in [9.17, 15) is 9.90 Å². The number of benzene rings is 1. The minimum Gasteiger partial charge on any atom is -0.489 e. The molecule has 2 atom stereocenters. The van der Waals surface area contributed by atoms with Gasteiger partial charge in [0.05, 0.1) is 6.10 Å². The van der Waals surface area contributed by atoms with Crippen LogP contribution in [0.15, 0.2) is 18.2 Å². The van der Waals surface area contributed by atoms with Gasteiger partial charge in [0.15, 0.2) is 0 Å². The average Bonchev–Trinajstić information content (AvgIpc) is 2.41. The van der Waals surface area contributed by atoms with Crippen LogP contribution in [0.25, 0.3) is 0 Å². The van der Waals surface area contributed by atoms with Crippen molar-refractivity contribution in [1.82, 2.24) is 0 Å². The highest BCUT2D eigenvalue weighted by atomic mass is 16.5. The average molecular weight is 262 g/mol. The number of carboxylic acid groups (broad SMARTS) is 1. The lowest BCUT2D eigenvalue weighted by Crippen LogP contribution is -2.26. The summed E-state index contributed by atoms with van der Waals surface area (Å²) in [6.07, 6.45) is 5.87. The van der Waals surface area contributed by atoms with E-state index in [-0.39, 0.29) is 11.7 Å². The zero-order chi connectivity index (χ0) is 13.8. The van der Waals surface area contributed by atoms with Crippen molar-refractivity contribution >= 4 is 5.97 Å². The maximum absolute atomic E-state index is 11.3. The monoisotopic (exact) mass is 262 g/mol. The van der Waals surface area contributed by atoms with Crippen LogP contribution in [-0.2, 0) is 0 Å². The van der Waals surface area contributed by atoms with Gasteiger partial charge in [-0.05, 0) is 43.7 Å². The molecule has 3 heteroatoms. The number of carboxylic acids is 1. The number of rotatable bonds is 4. The summed E-state index contributed by atoms with van der Waals surface area (Å²) in [4.78, 5) is 11.3. The first kappa shape index (κ1) is 13.9. The van der Waals surface area contributed by atoms with Crippen molar-refractivity contribution < 1.29 is 14.6 Å². The van der Waals surface area contributed by atoms with Crippen LogP contribution in [0.5, 0.6) is 5.75 Å². The summed E-state index contributed by atoms with van der Waals surface area (Å²) in [5, 5.41) is 9.24. The first-order valence-electron chi connectivity index (χ1n) is 7.11. The Bertz CT molecular complexity index is 453. The molecule has 1 aromatic carbocycles. The van der Waals surface area contributed by atoms with Crippen molar-refractivity contribution in [2.24, 2.45) is 5.92 Å². The minimum absolute atomic E-state index is 0.165. The van der Waals surface area contributed by atoms with Gasteiger partial charge in [0.2, 0.25) is 0 Å². The van der Waals surface area contributed by atoms with Gasteiger partial charge < -0.3 is 9.84 Å². The predicted octanol–water partition coefficient (Wildman–Crippen LogP) is 4.04. The van der Waals surface area contributed by atoms with Crippen LogP contribution in [0.4, 0.5) is 0 Å². The molecule has 1 aromatic rings. The molecule has 0 radical (unpaired) electrons. The normalized spacial score (nSPS) is 23.1. The van der Waals surface area contributed by atoms with Crippen molar-refractivity contribution in [2.75, 3.05) is 0 Å². The number of ether oxygens (including phenoxy) is 1. The van der Waals surface area contributed by atoms with E-state index in [2.05, 4.69) is 6.92 Å². The Labute approximate surface area is 114 Å². The van der Waals surface area contributed by atoms with Gasteiger partial charge in [-0.25, -0.2) is 4.79 Å². The van der Waals surface area contributed by atoms with Gasteiger partial charge in [0.1, 0.15) is 11.3 Å². The van der Waals surface area contributed by atoms with Crippen LogP contribution in [0.2, 0.25) is 0 Å². The fourth-order valence-corrected chi connectivity index (χ4v) is 2.86. The molecule has 0 spiro atoms. The Kier molecular flexibility index (Phi) is 4.46. The smallest absolute Gasteiger partial charge is 0.339 e. The van der Waals surface area contributed by atoms with Gasteiger partial charge in [-0.15, -0.1) is 0 Å². The lowest BCUT2D eigenvalue weighted by Gasteiger charge is -2.29. The second kappa shape index (κ2) is 6.09. The molecule has 1 aliphatic carbocycles. The summed E-state index contributed by atoms with van der Waals surface area (Å²) in [7, 11) is 0. The van der Waals surface area contributed by atoms with Crippen LogP contribution in [0.3, 0.4) is 0 Å². The van der Waals surface area contributed by atoms with Gasteiger partial charge in [0, 0.05) is 0 Å². The number of hydrogen-bond acceptors (Lipinski definition) is 2. The van der Waals surface area contributed by atoms with Crippen molar-refractivity contribution in [1.29, 1.82) is 0 Å². The number of para-hydroxylation sites is 1. The van der Waals surface area contributed by atoms with Gasteiger partial charge in [-0.2, -0.15) is 0 Å². The van der Waals surface area contributed by atoms with E-state index in [1.165, 1.54) is 19.3 Å². The van der Waals surface area contributed by atoms with Gasteiger partial charge in [-0.3, -0.25) is 0 Å². The molecule has 0 amide bonds. The fourth-order valence-electron chi connectivity index (χ4n) is 2.86. The summed E-state index contributed by atoms with van der Waals surface area (Å²) in [6.45, 7) is 4.12. The molecule has 0 aromatic heterocycles. The molecule has 2 unspecified atom stereocenters. The van der Waals surface area contributed by atoms with Crippen LogP contribution in [-0.4, -0.2) is 17.2 Å².